The van der Waals surface area contributed by atoms with Crippen molar-refractivity contribution in [1.29, 1.82) is 0 Å². The summed E-state index contributed by atoms with van der Waals surface area (Å²) in [5.74, 6) is 0.402. The van der Waals surface area contributed by atoms with Crippen molar-refractivity contribution in [3.63, 3.8) is 0 Å². The Morgan fingerprint density at radius 1 is 1.27 bits per heavy atom. The number of ether oxygens (including phenoxy) is 1. The van der Waals surface area contributed by atoms with E-state index in [9.17, 15) is 4.79 Å². The van der Waals surface area contributed by atoms with Gasteiger partial charge < -0.3 is 9.84 Å². The van der Waals surface area contributed by atoms with E-state index >= 15 is 0 Å². The predicted octanol–water partition coefficient (Wildman–Crippen LogP) is 2.78. The Morgan fingerprint density at radius 3 is 2.47 bits per heavy atom. The van der Waals surface area contributed by atoms with Crippen molar-refractivity contribution >= 4 is 17.6 Å². The number of carboxylic acids is 1. The lowest BCUT2D eigenvalue weighted by atomic mass is 10.2. The summed E-state index contributed by atoms with van der Waals surface area (Å²) in [4.78, 5) is 10.6. The molecule has 0 saturated heterocycles. The predicted molar refractivity (Wildman–Crippen MR) is 58.9 cm³/mol. The Bertz CT molecular complexity index is 308. The second-order valence-electron chi connectivity index (χ2n) is 3.07. The highest BCUT2D eigenvalue weighted by molar-refractivity contribution is 6.17. The maximum Gasteiger partial charge on any atom is 0.335 e. The minimum absolute atomic E-state index is 0.267. The van der Waals surface area contributed by atoms with Crippen molar-refractivity contribution in [2.45, 2.75) is 12.8 Å². The van der Waals surface area contributed by atoms with Gasteiger partial charge in [-0.15, -0.1) is 11.6 Å². The second-order valence-corrected chi connectivity index (χ2v) is 3.45. The lowest BCUT2D eigenvalue weighted by molar-refractivity contribution is 0.0697. The minimum Gasteiger partial charge on any atom is -0.494 e. The number of carbonyl (C=O) groups is 1. The van der Waals surface area contributed by atoms with Gasteiger partial charge in [0.05, 0.1) is 12.2 Å². The molecule has 0 radical (unpaired) electrons. The molecule has 82 valence electrons. The molecule has 0 aliphatic carbocycles. The summed E-state index contributed by atoms with van der Waals surface area (Å²) in [5, 5.41) is 8.67. The fraction of sp³-hybridized carbons (Fsp3) is 0.364. The van der Waals surface area contributed by atoms with Gasteiger partial charge in [0.2, 0.25) is 0 Å². The third-order valence-corrected chi connectivity index (χ3v) is 2.17. The van der Waals surface area contributed by atoms with Crippen LogP contribution in [0.5, 0.6) is 5.75 Å². The summed E-state index contributed by atoms with van der Waals surface area (Å²) in [6.45, 7) is 0.610. The summed E-state index contributed by atoms with van der Waals surface area (Å²) >= 11 is 5.52. The van der Waals surface area contributed by atoms with E-state index in [1.807, 2.05) is 0 Å². The molecule has 0 atom stereocenters. The summed E-state index contributed by atoms with van der Waals surface area (Å²) < 4.78 is 5.39. The van der Waals surface area contributed by atoms with E-state index in [4.69, 9.17) is 21.4 Å². The average molecular weight is 229 g/mol. The molecule has 0 fully saturated rings. The van der Waals surface area contributed by atoms with Crippen LogP contribution in [0.3, 0.4) is 0 Å². The first-order valence-electron chi connectivity index (χ1n) is 4.76. The van der Waals surface area contributed by atoms with Crippen LogP contribution in [-0.2, 0) is 0 Å². The van der Waals surface area contributed by atoms with Crippen molar-refractivity contribution in [2.24, 2.45) is 0 Å². The van der Waals surface area contributed by atoms with Crippen LogP contribution in [0.4, 0.5) is 0 Å². The number of unbranched alkanes of at least 4 members (excludes halogenated alkanes) is 1. The van der Waals surface area contributed by atoms with Gasteiger partial charge in [0, 0.05) is 5.88 Å². The molecule has 0 unspecified atom stereocenters. The Kier molecular flexibility index (Phi) is 4.98. The maximum atomic E-state index is 10.6. The summed E-state index contributed by atoms with van der Waals surface area (Å²) in [6, 6.07) is 6.37. The fourth-order valence-corrected chi connectivity index (χ4v) is 1.27. The van der Waals surface area contributed by atoms with Crippen LogP contribution in [0, 0.1) is 0 Å². The van der Waals surface area contributed by atoms with Gasteiger partial charge in [0.1, 0.15) is 5.75 Å². The van der Waals surface area contributed by atoms with Gasteiger partial charge in [-0.25, -0.2) is 4.79 Å². The zero-order chi connectivity index (χ0) is 11.1. The molecule has 0 amide bonds. The number of hydrogen-bond donors (Lipinski definition) is 1. The minimum atomic E-state index is -0.927. The summed E-state index contributed by atoms with van der Waals surface area (Å²) in [7, 11) is 0. The zero-order valence-corrected chi connectivity index (χ0v) is 9.04. The molecule has 1 N–H and O–H groups in total. The molecular weight excluding hydrogens is 216 g/mol. The Labute approximate surface area is 93.6 Å². The molecule has 1 aromatic rings. The molecule has 0 bridgehead atoms. The molecule has 15 heavy (non-hydrogen) atoms. The van der Waals surface area contributed by atoms with Gasteiger partial charge in [-0.3, -0.25) is 0 Å². The molecule has 0 saturated carbocycles. The van der Waals surface area contributed by atoms with Gasteiger partial charge in [0.15, 0.2) is 0 Å². The van der Waals surface area contributed by atoms with Gasteiger partial charge in [-0.2, -0.15) is 0 Å². The van der Waals surface area contributed by atoms with Gasteiger partial charge in [-0.05, 0) is 37.1 Å². The third-order valence-electron chi connectivity index (χ3n) is 1.90. The normalized spacial score (nSPS) is 9.93. The van der Waals surface area contributed by atoms with E-state index in [0.717, 1.165) is 12.8 Å². The van der Waals surface area contributed by atoms with E-state index in [0.29, 0.717) is 18.2 Å². The average Bonchev–Trinajstić information content (AvgIpc) is 2.25. The van der Waals surface area contributed by atoms with Crippen molar-refractivity contribution in [2.75, 3.05) is 12.5 Å². The standard InChI is InChI=1S/C11H13ClO3/c12-7-1-2-8-15-10-5-3-9(4-6-10)11(13)14/h3-6H,1-2,7-8H2,(H,13,14). The quantitative estimate of drug-likeness (QED) is 0.602. The molecule has 0 aromatic heterocycles. The van der Waals surface area contributed by atoms with E-state index < -0.39 is 5.97 Å². The van der Waals surface area contributed by atoms with Crippen molar-refractivity contribution in [3.05, 3.63) is 29.8 Å². The lowest BCUT2D eigenvalue weighted by Crippen LogP contribution is -1.99. The first kappa shape index (κ1) is 11.9. The van der Waals surface area contributed by atoms with Crippen molar-refractivity contribution in [1.82, 2.24) is 0 Å². The van der Waals surface area contributed by atoms with Crippen LogP contribution >= 0.6 is 11.6 Å². The Balaban J connectivity index is 2.39. The number of aromatic carboxylic acids is 1. The van der Waals surface area contributed by atoms with Crippen LogP contribution in [0.25, 0.3) is 0 Å². The molecule has 0 spiro atoms. The Morgan fingerprint density at radius 2 is 1.93 bits per heavy atom. The van der Waals surface area contributed by atoms with Crippen molar-refractivity contribution < 1.29 is 14.6 Å². The number of carboxylic acid groups (broad SMARTS) is 1. The number of alkyl halides is 1. The molecule has 0 heterocycles. The van der Waals surface area contributed by atoms with Gasteiger partial charge in [0.25, 0.3) is 0 Å². The molecule has 1 aromatic carbocycles. The lowest BCUT2D eigenvalue weighted by Gasteiger charge is -2.05. The number of halogens is 1. The first-order valence-corrected chi connectivity index (χ1v) is 5.29. The summed E-state index contributed by atoms with van der Waals surface area (Å²) in [6.07, 6.45) is 1.83. The fourth-order valence-electron chi connectivity index (χ4n) is 1.08. The smallest absolute Gasteiger partial charge is 0.335 e. The maximum absolute atomic E-state index is 10.6. The van der Waals surface area contributed by atoms with Crippen LogP contribution in [-0.4, -0.2) is 23.6 Å². The van der Waals surface area contributed by atoms with Crippen LogP contribution in [0.2, 0.25) is 0 Å². The highest BCUT2D eigenvalue weighted by atomic mass is 35.5. The van der Waals surface area contributed by atoms with E-state index in [1.165, 1.54) is 12.1 Å². The molecule has 0 aliphatic rings. The van der Waals surface area contributed by atoms with Crippen LogP contribution in [0.1, 0.15) is 23.2 Å². The Hall–Kier alpha value is -1.22. The van der Waals surface area contributed by atoms with Crippen LogP contribution < -0.4 is 4.74 Å². The van der Waals surface area contributed by atoms with Gasteiger partial charge >= 0.3 is 5.97 Å². The number of rotatable bonds is 6. The van der Waals surface area contributed by atoms with E-state index in [2.05, 4.69) is 0 Å². The molecule has 4 heteroatoms. The molecule has 0 aliphatic heterocycles. The van der Waals surface area contributed by atoms with Crippen molar-refractivity contribution in [3.8, 4) is 5.75 Å². The largest absolute Gasteiger partial charge is 0.494 e. The van der Waals surface area contributed by atoms with Gasteiger partial charge in [-0.1, -0.05) is 0 Å². The third kappa shape index (κ3) is 4.21. The first-order chi connectivity index (χ1) is 7.24. The molecule has 3 nitrogen and oxygen atoms in total. The number of benzene rings is 1. The SMILES string of the molecule is O=C(O)c1ccc(OCCCCCl)cc1. The summed E-state index contributed by atoms with van der Waals surface area (Å²) in [5.41, 5.74) is 0.267. The van der Waals surface area contributed by atoms with E-state index in [-0.39, 0.29) is 5.56 Å². The highest BCUT2D eigenvalue weighted by Crippen LogP contribution is 2.12. The second kappa shape index (κ2) is 6.30. The number of hydrogen-bond acceptors (Lipinski definition) is 2. The highest BCUT2D eigenvalue weighted by Gasteiger charge is 2.01. The monoisotopic (exact) mass is 228 g/mol. The molecular formula is C11H13ClO3. The van der Waals surface area contributed by atoms with E-state index in [1.54, 1.807) is 12.1 Å². The molecule has 1 rings (SSSR count). The zero-order valence-electron chi connectivity index (χ0n) is 8.28. The topological polar surface area (TPSA) is 46.5 Å². The van der Waals surface area contributed by atoms with Crippen LogP contribution in [0.15, 0.2) is 24.3 Å².